The Labute approximate surface area is 208 Å². The fraction of sp³-hybridized carbons (Fsp3) is 0.138. The van der Waals surface area contributed by atoms with Gasteiger partial charge in [-0.05, 0) is 41.9 Å². The molecule has 172 valence electrons. The van der Waals surface area contributed by atoms with Gasteiger partial charge >= 0.3 is 5.97 Å². The highest BCUT2D eigenvalue weighted by Crippen LogP contribution is 2.42. The summed E-state index contributed by atoms with van der Waals surface area (Å²) in [5.41, 5.74) is 2.07. The molecule has 0 aromatic heterocycles. The second-order valence-electron chi connectivity index (χ2n) is 8.04. The summed E-state index contributed by atoms with van der Waals surface area (Å²) in [6.45, 7) is -0.0173. The van der Waals surface area contributed by atoms with Crippen LogP contribution in [-0.4, -0.2) is 35.7 Å². The van der Waals surface area contributed by atoms with Gasteiger partial charge in [-0.25, -0.2) is 0 Å². The number of carbonyl (C=O) groups is 1. The number of nitrogens with zero attached hydrogens (tertiary/aromatic N) is 1. The first-order chi connectivity index (χ1) is 16.5. The molecule has 1 N–H and O–H groups in total. The van der Waals surface area contributed by atoms with Crippen LogP contribution in [0.4, 0.5) is 0 Å². The second kappa shape index (κ2) is 10.7. The van der Waals surface area contributed by atoms with Gasteiger partial charge in [0, 0.05) is 4.47 Å². The highest BCUT2D eigenvalue weighted by atomic mass is 79.9. The maximum atomic E-state index is 12.6. The lowest BCUT2D eigenvalue weighted by atomic mass is 9.75. The Morgan fingerprint density at radius 3 is 1.71 bits per heavy atom. The van der Waals surface area contributed by atoms with Gasteiger partial charge in [0.05, 0.1) is 5.54 Å². The molecule has 0 radical (unpaired) electrons. The third-order valence-electron chi connectivity index (χ3n) is 6.06. The van der Waals surface area contributed by atoms with Gasteiger partial charge in [0.2, 0.25) is 0 Å². The van der Waals surface area contributed by atoms with Crippen molar-refractivity contribution in [3.63, 3.8) is 0 Å². The van der Waals surface area contributed by atoms with E-state index in [-0.39, 0.29) is 6.61 Å². The van der Waals surface area contributed by atoms with Crippen molar-refractivity contribution in [2.45, 2.75) is 11.6 Å². The number of ether oxygens (including phenoxy) is 1. The zero-order valence-corrected chi connectivity index (χ0v) is 20.4. The molecule has 0 fully saturated rings. The molecule has 0 aliphatic heterocycles. The Morgan fingerprint density at radius 2 is 1.29 bits per heavy atom. The number of likely N-dealkylation sites (N-methyl/N-ethyl adjacent to an activating group) is 1. The predicted molar refractivity (Wildman–Crippen MR) is 138 cm³/mol. The van der Waals surface area contributed by atoms with Crippen molar-refractivity contribution in [3.05, 3.63) is 136 Å². The molecule has 1 unspecified atom stereocenters. The van der Waals surface area contributed by atoms with Gasteiger partial charge in [-0.1, -0.05) is 113 Å². The average Bonchev–Trinajstić information content (AvgIpc) is 2.86. The molecule has 4 rings (SSSR count). The first-order valence-corrected chi connectivity index (χ1v) is 11.8. The van der Waals surface area contributed by atoms with Crippen molar-refractivity contribution in [1.82, 2.24) is 4.90 Å². The van der Waals surface area contributed by atoms with Crippen LogP contribution < -0.4 is 4.74 Å². The molecule has 4 nitrogen and oxygen atoms in total. The van der Waals surface area contributed by atoms with E-state index in [1.165, 1.54) is 0 Å². The van der Waals surface area contributed by atoms with E-state index in [2.05, 4.69) is 15.9 Å². The summed E-state index contributed by atoms with van der Waals surface area (Å²) in [4.78, 5) is 14.5. The third-order valence-corrected chi connectivity index (χ3v) is 6.55. The molecule has 0 spiro atoms. The number of aliphatic carboxylic acids is 1. The van der Waals surface area contributed by atoms with Crippen LogP contribution in [0.25, 0.3) is 0 Å². The normalized spacial score (nSPS) is 12.3. The summed E-state index contributed by atoms with van der Waals surface area (Å²) >= 11 is 3.44. The van der Waals surface area contributed by atoms with Crippen molar-refractivity contribution in [3.8, 4) is 5.75 Å². The zero-order valence-electron chi connectivity index (χ0n) is 18.8. The van der Waals surface area contributed by atoms with E-state index in [9.17, 15) is 9.90 Å². The molecule has 4 aromatic rings. The van der Waals surface area contributed by atoms with Crippen molar-refractivity contribution >= 4 is 21.9 Å². The molecular weight excluding hydrogens is 490 g/mol. The average molecular weight is 516 g/mol. The minimum absolute atomic E-state index is 0.0173. The number of hydrogen-bond donors (Lipinski definition) is 1. The Balaban J connectivity index is 1.87. The van der Waals surface area contributed by atoms with Gasteiger partial charge in [0.15, 0.2) is 0 Å². The van der Waals surface area contributed by atoms with Gasteiger partial charge < -0.3 is 9.84 Å². The van der Waals surface area contributed by atoms with E-state index in [0.29, 0.717) is 5.75 Å². The molecule has 0 bridgehead atoms. The molecule has 0 aliphatic carbocycles. The Hall–Kier alpha value is -3.41. The van der Waals surface area contributed by atoms with Crippen molar-refractivity contribution < 1.29 is 14.6 Å². The predicted octanol–water partition coefficient (Wildman–Crippen LogP) is 6.21. The van der Waals surface area contributed by atoms with Crippen LogP contribution in [-0.2, 0) is 10.3 Å². The standard InChI is InChI=1S/C29H26BrNO3/c1-31(27(28(32)33)21-34-26-19-11-18-25(30)20-26)29(22-12-5-2-6-13-22,23-14-7-3-8-15-23)24-16-9-4-10-17-24/h2-20,27H,21H2,1H3,(H,32,33). The zero-order chi connectivity index (χ0) is 24.0. The fourth-order valence-electron chi connectivity index (χ4n) is 4.46. The largest absolute Gasteiger partial charge is 0.491 e. The number of carboxylic acids is 1. The number of hydrogen-bond acceptors (Lipinski definition) is 3. The number of benzene rings is 4. The summed E-state index contributed by atoms with van der Waals surface area (Å²) in [7, 11) is 1.86. The van der Waals surface area contributed by atoms with Gasteiger partial charge in [-0.2, -0.15) is 0 Å². The van der Waals surface area contributed by atoms with Crippen LogP contribution >= 0.6 is 15.9 Å². The van der Waals surface area contributed by atoms with E-state index >= 15 is 0 Å². The summed E-state index contributed by atoms with van der Waals surface area (Å²) in [6.07, 6.45) is 0. The van der Waals surface area contributed by atoms with E-state index in [0.717, 1.165) is 21.2 Å². The molecule has 0 amide bonds. The van der Waals surface area contributed by atoms with Crippen LogP contribution in [0.3, 0.4) is 0 Å². The first-order valence-electron chi connectivity index (χ1n) is 11.0. The first kappa shape index (κ1) is 23.7. The van der Waals surface area contributed by atoms with Gasteiger partial charge in [0.25, 0.3) is 0 Å². The quantitative estimate of drug-likeness (QED) is 0.269. The molecular formula is C29H26BrNO3. The minimum Gasteiger partial charge on any atom is -0.491 e. The summed E-state index contributed by atoms with van der Waals surface area (Å²) in [6, 6.07) is 36.6. The lowest BCUT2D eigenvalue weighted by molar-refractivity contribution is -0.145. The van der Waals surface area contributed by atoms with E-state index < -0.39 is 17.6 Å². The topological polar surface area (TPSA) is 49.8 Å². The lowest BCUT2D eigenvalue weighted by Gasteiger charge is -2.46. The van der Waals surface area contributed by atoms with E-state index in [1.54, 1.807) is 0 Å². The summed E-state index contributed by atoms with van der Waals surface area (Å²) in [5.74, 6) is -0.344. The highest BCUT2D eigenvalue weighted by Gasteiger charge is 2.45. The maximum absolute atomic E-state index is 12.6. The molecule has 0 aliphatic rings. The number of rotatable bonds is 9. The molecule has 0 saturated heterocycles. The molecule has 1 atom stereocenters. The molecule has 0 heterocycles. The van der Waals surface area contributed by atoms with Gasteiger partial charge in [-0.15, -0.1) is 0 Å². The fourth-order valence-corrected chi connectivity index (χ4v) is 4.84. The van der Waals surface area contributed by atoms with Crippen LogP contribution in [0.5, 0.6) is 5.75 Å². The molecule has 4 aromatic carbocycles. The van der Waals surface area contributed by atoms with Crippen molar-refractivity contribution in [1.29, 1.82) is 0 Å². The maximum Gasteiger partial charge on any atom is 0.324 e. The second-order valence-corrected chi connectivity index (χ2v) is 8.96. The molecule has 34 heavy (non-hydrogen) atoms. The highest BCUT2D eigenvalue weighted by molar-refractivity contribution is 9.10. The van der Waals surface area contributed by atoms with Crippen molar-refractivity contribution in [2.75, 3.05) is 13.7 Å². The van der Waals surface area contributed by atoms with Crippen LogP contribution in [0, 0.1) is 0 Å². The van der Waals surface area contributed by atoms with Crippen LogP contribution in [0.2, 0.25) is 0 Å². The van der Waals surface area contributed by atoms with E-state index in [1.807, 2.05) is 127 Å². The third kappa shape index (κ3) is 4.76. The van der Waals surface area contributed by atoms with Crippen LogP contribution in [0.1, 0.15) is 16.7 Å². The monoisotopic (exact) mass is 515 g/mol. The Morgan fingerprint density at radius 1 is 0.824 bits per heavy atom. The lowest BCUT2D eigenvalue weighted by Crippen LogP contribution is -2.55. The summed E-state index contributed by atoms with van der Waals surface area (Å²) in [5, 5.41) is 10.3. The summed E-state index contributed by atoms with van der Waals surface area (Å²) < 4.78 is 6.85. The van der Waals surface area contributed by atoms with Crippen molar-refractivity contribution in [2.24, 2.45) is 0 Å². The van der Waals surface area contributed by atoms with Gasteiger partial charge in [0.1, 0.15) is 18.4 Å². The van der Waals surface area contributed by atoms with Gasteiger partial charge in [-0.3, -0.25) is 9.69 Å². The number of halogens is 1. The SMILES string of the molecule is CN(C(COc1cccc(Br)c1)C(=O)O)C(c1ccccc1)(c1ccccc1)c1ccccc1. The molecule has 5 heteroatoms. The number of carboxylic acid groups (broad SMARTS) is 1. The minimum atomic E-state index is -0.954. The van der Waals surface area contributed by atoms with Crippen LogP contribution in [0.15, 0.2) is 120 Å². The molecule has 0 saturated carbocycles. The Kier molecular flexibility index (Phi) is 7.46. The van der Waals surface area contributed by atoms with E-state index in [4.69, 9.17) is 4.74 Å². The smallest absolute Gasteiger partial charge is 0.324 e. The Bertz CT molecular complexity index is 1120.